The summed E-state index contributed by atoms with van der Waals surface area (Å²) in [6.45, 7) is 49.4. The quantitative estimate of drug-likeness (QED) is 0.118. The smallest absolute Gasteiger partial charge is 0.147 e. The molecule has 0 aliphatic rings. The molecule has 7 heteroatoms. The van der Waals surface area contributed by atoms with Crippen LogP contribution in [0.4, 0.5) is 8.78 Å². The van der Waals surface area contributed by atoms with Crippen molar-refractivity contribution < 1.29 is 44.8 Å². The van der Waals surface area contributed by atoms with Crippen LogP contribution in [0.1, 0.15) is 199 Å². The predicted molar refractivity (Wildman–Crippen MR) is 378 cm³/mol. The molecule has 0 amide bonds. The van der Waals surface area contributed by atoms with E-state index in [1.54, 1.807) is 12.1 Å². The van der Waals surface area contributed by atoms with Gasteiger partial charge in [-0.25, -0.2) is 8.78 Å². The maximum absolute atomic E-state index is 14.6. The second-order valence-corrected chi connectivity index (χ2v) is 32.6. The van der Waals surface area contributed by atoms with Crippen molar-refractivity contribution in [2.75, 3.05) is 0 Å². The molecule has 2 heterocycles. The number of hydrogen-bond donors (Lipinski definition) is 2. The molecule has 2 aromatic heterocycles. The van der Waals surface area contributed by atoms with E-state index in [2.05, 4.69) is 259 Å². The summed E-state index contributed by atoms with van der Waals surface area (Å²) in [6.07, 6.45) is 1.89. The number of halogens is 2. The zero-order chi connectivity index (χ0) is 63.4. The minimum Gasteiger partial charge on any atom is -0.505 e. The number of aromatic hydroxyl groups is 2. The van der Waals surface area contributed by atoms with Gasteiger partial charge in [-0.3, -0.25) is 0 Å². The van der Waals surface area contributed by atoms with Crippen molar-refractivity contribution >= 4 is 43.6 Å². The van der Waals surface area contributed by atoms with Gasteiger partial charge in [0.15, 0.2) is 0 Å². The zero-order valence-corrected chi connectivity index (χ0v) is 61.9. The number of rotatable bonds is 8. The van der Waals surface area contributed by atoms with Crippen LogP contribution in [-0.2, 0) is 58.3 Å². The molecular weight excluding hydrogens is 1260 g/mol. The van der Waals surface area contributed by atoms with Gasteiger partial charge >= 0.3 is 0 Å². The molecule has 0 radical (unpaired) electrons. The van der Waals surface area contributed by atoms with Crippen LogP contribution in [0.15, 0.2) is 146 Å². The first-order valence-electron chi connectivity index (χ1n) is 31.0. The van der Waals surface area contributed by atoms with Crippen molar-refractivity contribution in [3.8, 4) is 45.1 Å². The molecule has 0 aliphatic heterocycles. The minimum absolute atomic E-state index is 0. The molecule has 4 nitrogen and oxygen atoms in total. The number of phenols is 2. The van der Waals surface area contributed by atoms with Gasteiger partial charge in [0, 0.05) is 58.5 Å². The van der Waals surface area contributed by atoms with E-state index in [1.165, 1.54) is 46.5 Å². The van der Waals surface area contributed by atoms with E-state index in [0.717, 1.165) is 79.0 Å². The summed E-state index contributed by atoms with van der Waals surface area (Å²) in [5.41, 5.74) is 15.0. The fourth-order valence-corrected chi connectivity index (χ4v) is 13.4. The van der Waals surface area contributed by atoms with Crippen LogP contribution < -0.4 is 0 Å². The largest absolute Gasteiger partial charge is 0.505 e. The third-order valence-electron chi connectivity index (χ3n) is 17.4. The molecule has 0 bridgehead atoms. The average Bonchev–Trinajstić information content (AvgIpc) is 1.64. The van der Waals surface area contributed by atoms with Crippen molar-refractivity contribution in [2.24, 2.45) is 10.8 Å². The van der Waals surface area contributed by atoms with Crippen LogP contribution in [0.5, 0.6) is 11.5 Å². The summed E-state index contributed by atoms with van der Waals surface area (Å²) in [6, 6.07) is 48.5. The van der Waals surface area contributed by atoms with Gasteiger partial charge in [-0.1, -0.05) is 225 Å². The Balaban J connectivity index is 0.000000274. The number of fused-ring (bicyclic) bond motifs is 6. The third kappa shape index (κ3) is 15.0. The van der Waals surface area contributed by atoms with E-state index in [4.69, 9.17) is 0 Å². The molecule has 0 fully saturated rings. The van der Waals surface area contributed by atoms with Crippen LogP contribution in [0.2, 0.25) is 0 Å². The molecule has 2 N–H and O–H groups in total. The molecule has 0 spiro atoms. The van der Waals surface area contributed by atoms with Gasteiger partial charge in [0.05, 0.1) is 33.4 Å². The molecular formula is C82H102F2HfN2O2-2. The summed E-state index contributed by atoms with van der Waals surface area (Å²) in [4.78, 5) is 0. The molecule has 0 saturated heterocycles. The van der Waals surface area contributed by atoms with Crippen LogP contribution in [0.25, 0.3) is 77.2 Å². The maximum atomic E-state index is 14.6. The Bertz CT molecular complexity index is 3810. The van der Waals surface area contributed by atoms with Crippen LogP contribution in [0.3, 0.4) is 0 Å². The number of aromatic nitrogens is 2. The van der Waals surface area contributed by atoms with Gasteiger partial charge < -0.3 is 34.2 Å². The van der Waals surface area contributed by atoms with E-state index in [1.807, 2.05) is 12.1 Å². The zero-order valence-electron chi connectivity index (χ0n) is 58.3. The summed E-state index contributed by atoms with van der Waals surface area (Å²) in [5.74, 6) is -0.331. The average molecular weight is 1360 g/mol. The van der Waals surface area contributed by atoms with Gasteiger partial charge in [-0.05, 0) is 173 Å². The normalized spacial score (nSPS) is 12.9. The second kappa shape index (κ2) is 25.1. The van der Waals surface area contributed by atoms with E-state index in [-0.39, 0.29) is 107 Å². The fraction of sp³-hybridized carbons (Fsp3) is 0.390. The monoisotopic (exact) mass is 1360 g/mol. The Labute approximate surface area is 553 Å². The van der Waals surface area contributed by atoms with E-state index in [0.29, 0.717) is 22.3 Å². The summed E-state index contributed by atoms with van der Waals surface area (Å²) in [7, 11) is 0. The summed E-state index contributed by atoms with van der Waals surface area (Å²) >= 11 is 0. The molecule has 89 heavy (non-hydrogen) atoms. The number of phenolic OH excluding ortho intramolecular Hbond substituents is 2. The van der Waals surface area contributed by atoms with Crippen molar-refractivity contribution in [2.45, 2.75) is 198 Å². The Morgan fingerprint density at radius 2 is 0.584 bits per heavy atom. The Kier molecular flexibility index (Phi) is 20.2. The van der Waals surface area contributed by atoms with E-state index in [9.17, 15) is 19.0 Å². The van der Waals surface area contributed by atoms with E-state index < -0.39 is 0 Å². The van der Waals surface area contributed by atoms with Crippen molar-refractivity contribution in [1.29, 1.82) is 0 Å². The van der Waals surface area contributed by atoms with Crippen molar-refractivity contribution in [3.05, 3.63) is 205 Å². The van der Waals surface area contributed by atoms with Crippen molar-refractivity contribution in [1.82, 2.24) is 9.13 Å². The topological polar surface area (TPSA) is 50.3 Å². The van der Waals surface area contributed by atoms with Gasteiger partial charge in [-0.2, -0.15) is 0 Å². The minimum atomic E-state index is -0.320. The molecule has 0 atom stereocenters. The summed E-state index contributed by atoms with van der Waals surface area (Å²) < 4.78 is 33.6. The molecule has 10 aromatic rings. The Hall–Kier alpha value is -6.31. The standard InChI is InChI=1S/2C40H48FNO.2CH3.Hf/c2*1-37(2,3)24-40(10,11)28-20-32(25-13-12-14-29(41)19-25)36(43)35(23-28)42-33-21-26(38(4,5)6)15-17-30(33)31-18-16-27(22-34(31)42)39(7,8)9;;;/h2*12-23,43H,24H2,1-11H3;2*1H3;/q;;2*-1;. The first-order valence-corrected chi connectivity index (χ1v) is 31.0. The first kappa shape index (κ1) is 71.8. The molecule has 10 rings (SSSR count). The van der Waals surface area contributed by atoms with Crippen LogP contribution >= 0.6 is 0 Å². The van der Waals surface area contributed by atoms with Gasteiger partial charge in [0.2, 0.25) is 0 Å². The molecule has 8 aromatic carbocycles. The van der Waals surface area contributed by atoms with Gasteiger partial charge in [0.1, 0.15) is 23.1 Å². The van der Waals surface area contributed by atoms with Crippen molar-refractivity contribution in [3.63, 3.8) is 0 Å². The molecule has 472 valence electrons. The summed E-state index contributed by atoms with van der Waals surface area (Å²) in [5, 5.41) is 28.9. The third-order valence-corrected chi connectivity index (χ3v) is 17.4. The molecule has 0 unspecified atom stereocenters. The second-order valence-electron chi connectivity index (χ2n) is 32.6. The fourth-order valence-electron chi connectivity index (χ4n) is 13.4. The number of hydrogen-bond acceptors (Lipinski definition) is 2. The SMILES string of the molecule is CC(C)(C)CC(C)(C)c1cc(-c2cccc(F)c2)c(O)c(-n2c3cc(C(C)(C)C)ccc3c3ccc(C(C)(C)C)cc32)c1.CC(C)(C)CC(C)(C)c1cc(-c2cccc(F)c2)c(O)c(-n2c3cc(C(C)(C)C)ccc3c3ccc(C(C)(C)C)cc32)c1.[CH3-].[CH3-].[Hf]. The number of nitrogens with zero attached hydrogens (tertiary/aromatic N) is 2. The molecule has 0 aliphatic carbocycles. The molecule has 0 saturated carbocycles. The Morgan fingerprint density at radius 3 is 0.809 bits per heavy atom. The Morgan fingerprint density at radius 1 is 0.326 bits per heavy atom. The van der Waals surface area contributed by atoms with Gasteiger partial charge in [0.25, 0.3) is 0 Å². The first-order chi connectivity index (χ1) is 39.5. The number of benzene rings is 8. The van der Waals surface area contributed by atoms with Crippen LogP contribution in [-0.4, -0.2) is 19.3 Å². The van der Waals surface area contributed by atoms with Gasteiger partial charge in [-0.15, -0.1) is 0 Å². The van der Waals surface area contributed by atoms with E-state index >= 15 is 0 Å². The van der Waals surface area contributed by atoms with Crippen LogP contribution in [0, 0.1) is 37.3 Å². The predicted octanol–water partition coefficient (Wildman–Crippen LogP) is 24.1. The maximum Gasteiger partial charge on any atom is 0.147 e.